The van der Waals surface area contributed by atoms with Gasteiger partial charge in [0, 0.05) is 22.3 Å². The van der Waals surface area contributed by atoms with Crippen LogP contribution < -0.4 is 5.32 Å². The number of hydrogen-bond acceptors (Lipinski definition) is 4. The van der Waals surface area contributed by atoms with Gasteiger partial charge in [-0.25, -0.2) is 8.42 Å². The molecule has 1 amide bonds. The maximum absolute atomic E-state index is 13.3. The van der Waals surface area contributed by atoms with E-state index in [-0.39, 0.29) is 17.9 Å². The highest BCUT2D eigenvalue weighted by atomic mass is 35.5. The molecular weight excluding hydrogens is 469 g/mol. The van der Waals surface area contributed by atoms with Gasteiger partial charge >= 0.3 is 0 Å². The first-order valence-electron chi connectivity index (χ1n) is 9.54. The number of benzene rings is 3. The number of hydrogen-bond donors (Lipinski definition) is 1. The Labute approximate surface area is 197 Å². The third kappa shape index (κ3) is 6.31. The van der Waals surface area contributed by atoms with Gasteiger partial charge in [-0.3, -0.25) is 4.79 Å². The van der Waals surface area contributed by atoms with Gasteiger partial charge in [0.25, 0.3) is 0 Å². The molecule has 0 aromatic heterocycles. The Kier molecular flexibility index (Phi) is 7.89. The number of rotatable bonds is 8. The quantitative estimate of drug-likeness (QED) is 0.489. The number of carbonyl (C=O) groups excluding carboxylic acids is 1. The Balaban J connectivity index is 1.82. The SMILES string of the molecule is N#CCc1ccc(NC(=O)CN(Cc2ccc(Cl)cc2)S(=O)(=O)c2ccc(Cl)cc2)cc1. The van der Waals surface area contributed by atoms with Crippen molar-refractivity contribution in [1.29, 1.82) is 5.26 Å². The van der Waals surface area contributed by atoms with E-state index in [1.54, 1.807) is 48.5 Å². The minimum atomic E-state index is -3.98. The van der Waals surface area contributed by atoms with Crippen LogP contribution in [0.2, 0.25) is 10.0 Å². The van der Waals surface area contributed by atoms with Crippen molar-refractivity contribution in [2.45, 2.75) is 17.9 Å². The Morgan fingerprint density at radius 3 is 1.97 bits per heavy atom. The molecule has 3 rings (SSSR count). The number of nitrogens with zero attached hydrogens (tertiary/aromatic N) is 2. The predicted octanol–water partition coefficient (Wildman–Crippen LogP) is 4.89. The summed E-state index contributed by atoms with van der Waals surface area (Å²) in [5, 5.41) is 12.4. The lowest BCUT2D eigenvalue weighted by molar-refractivity contribution is -0.116. The van der Waals surface area contributed by atoms with Crippen molar-refractivity contribution in [3.63, 3.8) is 0 Å². The Morgan fingerprint density at radius 1 is 0.875 bits per heavy atom. The average Bonchev–Trinajstić information content (AvgIpc) is 2.76. The van der Waals surface area contributed by atoms with Crippen LogP contribution in [0.15, 0.2) is 77.7 Å². The summed E-state index contributed by atoms with van der Waals surface area (Å²) < 4.78 is 27.6. The number of carbonyl (C=O) groups is 1. The number of halogens is 2. The van der Waals surface area contributed by atoms with Crippen LogP contribution in [0.3, 0.4) is 0 Å². The normalized spacial score (nSPS) is 11.2. The first-order chi connectivity index (χ1) is 15.3. The molecule has 0 fully saturated rings. The fourth-order valence-corrected chi connectivity index (χ4v) is 4.57. The van der Waals surface area contributed by atoms with E-state index in [1.807, 2.05) is 0 Å². The van der Waals surface area contributed by atoms with Crippen molar-refractivity contribution < 1.29 is 13.2 Å². The largest absolute Gasteiger partial charge is 0.325 e. The van der Waals surface area contributed by atoms with E-state index in [4.69, 9.17) is 28.5 Å². The fraction of sp³-hybridized carbons (Fsp3) is 0.130. The molecule has 0 saturated carbocycles. The van der Waals surface area contributed by atoms with Gasteiger partial charge in [-0.1, -0.05) is 47.5 Å². The molecule has 0 aliphatic rings. The van der Waals surface area contributed by atoms with Crippen LogP contribution >= 0.6 is 23.2 Å². The number of amides is 1. The van der Waals surface area contributed by atoms with Gasteiger partial charge in [0.05, 0.1) is 23.9 Å². The molecule has 1 N–H and O–H groups in total. The molecule has 3 aromatic rings. The topological polar surface area (TPSA) is 90.3 Å². The smallest absolute Gasteiger partial charge is 0.243 e. The van der Waals surface area contributed by atoms with Crippen molar-refractivity contribution in [3.8, 4) is 6.07 Å². The molecule has 0 bridgehead atoms. The minimum absolute atomic E-state index is 0.0172. The summed E-state index contributed by atoms with van der Waals surface area (Å²) in [6.07, 6.45) is 0.266. The second kappa shape index (κ2) is 10.6. The van der Waals surface area contributed by atoms with E-state index < -0.39 is 22.5 Å². The van der Waals surface area contributed by atoms with Crippen LogP contribution in [0.4, 0.5) is 5.69 Å². The maximum Gasteiger partial charge on any atom is 0.243 e. The van der Waals surface area contributed by atoms with Gasteiger partial charge in [0.2, 0.25) is 15.9 Å². The second-order valence-electron chi connectivity index (χ2n) is 6.93. The van der Waals surface area contributed by atoms with Gasteiger partial charge in [-0.15, -0.1) is 0 Å². The summed E-state index contributed by atoms with van der Waals surface area (Å²) in [7, 11) is -3.98. The zero-order chi connectivity index (χ0) is 23.1. The lowest BCUT2D eigenvalue weighted by atomic mass is 10.1. The van der Waals surface area contributed by atoms with Gasteiger partial charge in [0.15, 0.2) is 0 Å². The van der Waals surface area contributed by atoms with Crippen LogP contribution in [0.1, 0.15) is 11.1 Å². The summed E-state index contributed by atoms with van der Waals surface area (Å²) in [4.78, 5) is 12.7. The number of nitriles is 1. The van der Waals surface area contributed by atoms with Crippen molar-refractivity contribution >= 4 is 44.8 Å². The Morgan fingerprint density at radius 2 is 1.41 bits per heavy atom. The highest BCUT2D eigenvalue weighted by molar-refractivity contribution is 7.89. The summed E-state index contributed by atoms with van der Waals surface area (Å²) in [5.74, 6) is -0.496. The summed E-state index contributed by atoms with van der Waals surface area (Å²) in [6, 6.07) is 21.4. The van der Waals surface area contributed by atoms with Crippen LogP contribution in [-0.4, -0.2) is 25.2 Å². The zero-order valence-corrected chi connectivity index (χ0v) is 19.2. The first-order valence-corrected chi connectivity index (χ1v) is 11.7. The molecule has 0 heterocycles. The maximum atomic E-state index is 13.3. The zero-order valence-electron chi connectivity index (χ0n) is 16.8. The van der Waals surface area contributed by atoms with Gasteiger partial charge in [-0.2, -0.15) is 9.57 Å². The van der Waals surface area contributed by atoms with E-state index in [1.165, 1.54) is 24.3 Å². The molecule has 9 heteroatoms. The van der Waals surface area contributed by atoms with Crippen molar-refractivity contribution in [1.82, 2.24) is 4.31 Å². The molecule has 0 spiro atoms. The average molecular weight is 488 g/mol. The summed E-state index contributed by atoms with van der Waals surface area (Å²) in [6.45, 7) is -0.413. The van der Waals surface area contributed by atoms with Gasteiger partial charge < -0.3 is 5.32 Å². The number of anilines is 1. The molecule has 0 radical (unpaired) electrons. The number of sulfonamides is 1. The van der Waals surface area contributed by atoms with Crippen LogP contribution in [0.25, 0.3) is 0 Å². The lowest BCUT2D eigenvalue weighted by Crippen LogP contribution is -2.37. The Bertz CT molecular complexity index is 1220. The number of nitrogens with one attached hydrogen (secondary N) is 1. The standard InChI is InChI=1S/C23H19Cl2N3O3S/c24-19-5-1-18(2-6-19)15-28(32(30,31)22-11-7-20(25)8-12-22)16-23(29)27-21-9-3-17(4-10-21)13-14-26/h1-12H,13,15-16H2,(H,27,29). The van der Waals surface area contributed by atoms with Crippen LogP contribution in [0, 0.1) is 11.3 Å². The molecular formula is C23H19Cl2N3O3S. The van der Waals surface area contributed by atoms with E-state index >= 15 is 0 Å². The van der Waals surface area contributed by atoms with Gasteiger partial charge in [-0.05, 0) is 59.7 Å². The molecule has 164 valence electrons. The highest BCUT2D eigenvalue weighted by Gasteiger charge is 2.27. The highest BCUT2D eigenvalue weighted by Crippen LogP contribution is 2.21. The van der Waals surface area contributed by atoms with Crippen LogP contribution in [0.5, 0.6) is 0 Å². The lowest BCUT2D eigenvalue weighted by Gasteiger charge is -2.22. The molecule has 3 aromatic carbocycles. The van der Waals surface area contributed by atoms with E-state index in [0.29, 0.717) is 21.3 Å². The third-order valence-electron chi connectivity index (χ3n) is 4.56. The van der Waals surface area contributed by atoms with Gasteiger partial charge in [0.1, 0.15) is 0 Å². The molecule has 0 saturated heterocycles. The summed E-state index contributed by atoms with van der Waals surface area (Å²) >= 11 is 11.8. The second-order valence-corrected chi connectivity index (χ2v) is 9.74. The Hall–Kier alpha value is -2.89. The molecule has 6 nitrogen and oxygen atoms in total. The predicted molar refractivity (Wildman–Crippen MR) is 125 cm³/mol. The summed E-state index contributed by atoms with van der Waals surface area (Å²) in [5.41, 5.74) is 2.01. The molecule has 0 unspecified atom stereocenters. The van der Waals surface area contributed by atoms with E-state index in [0.717, 1.165) is 9.87 Å². The van der Waals surface area contributed by atoms with E-state index in [2.05, 4.69) is 11.4 Å². The molecule has 0 aliphatic heterocycles. The van der Waals surface area contributed by atoms with Crippen LogP contribution in [-0.2, 0) is 27.8 Å². The van der Waals surface area contributed by atoms with Crippen molar-refractivity contribution in [2.24, 2.45) is 0 Å². The first kappa shape index (κ1) is 23.8. The van der Waals surface area contributed by atoms with E-state index in [9.17, 15) is 13.2 Å². The minimum Gasteiger partial charge on any atom is -0.325 e. The van der Waals surface area contributed by atoms with Crippen molar-refractivity contribution in [2.75, 3.05) is 11.9 Å². The molecule has 0 atom stereocenters. The monoisotopic (exact) mass is 487 g/mol. The fourth-order valence-electron chi connectivity index (χ4n) is 2.93. The molecule has 0 aliphatic carbocycles. The van der Waals surface area contributed by atoms with Crippen molar-refractivity contribution in [3.05, 3.63) is 94.0 Å². The molecule has 32 heavy (non-hydrogen) atoms. The third-order valence-corrected chi connectivity index (χ3v) is 6.87.